The third kappa shape index (κ3) is 4.43. The number of carbonyl (C=O) groups excluding carboxylic acids is 1. The molecule has 30 heavy (non-hydrogen) atoms. The van der Waals surface area contributed by atoms with Crippen LogP contribution >= 0.6 is 34.7 Å². The first-order valence-electron chi connectivity index (χ1n) is 9.13. The third-order valence-electron chi connectivity index (χ3n) is 4.57. The molecule has 4 aromatic rings. The zero-order valence-electron chi connectivity index (χ0n) is 16.3. The largest absolute Gasteiger partial charge is 0.383 e. The standard InChI is InChI=1S/C20H19ClN6OS2/c1-11-12(2)30-19-17(11)18(22)25-20(26-19)29-10-16(28)24-15-6-7-23-27(15)9-13-4-3-5-14(21)8-13/h3-8H,9-10H2,1-2H3,(H,24,28)(H2,22,25,26). The Morgan fingerprint density at radius 3 is 2.93 bits per heavy atom. The van der Waals surface area contributed by atoms with Gasteiger partial charge in [-0.1, -0.05) is 35.5 Å². The minimum absolute atomic E-state index is 0.163. The van der Waals surface area contributed by atoms with Gasteiger partial charge < -0.3 is 11.1 Å². The molecule has 3 aromatic heterocycles. The van der Waals surface area contributed by atoms with Gasteiger partial charge in [0.15, 0.2) is 5.16 Å². The maximum Gasteiger partial charge on any atom is 0.235 e. The number of nitrogen functional groups attached to an aromatic ring is 1. The third-order valence-corrected chi connectivity index (χ3v) is 6.76. The molecule has 1 aromatic carbocycles. The van der Waals surface area contributed by atoms with E-state index in [0.29, 0.717) is 28.4 Å². The molecule has 3 heterocycles. The molecule has 1 amide bonds. The summed E-state index contributed by atoms with van der Waals surface area (Å²) in [6, 6.07) is 9.29. The van der Waals surface area contributed by atoms with Crippen LogP contribution in [0.15, 0.2) is 41.7 Å². The second-order valence-corrected chi connectivity index (χ2v) is 9.28. The van der Waals surface area contributed by atoms with E-state index < -0.39 is 0 Å². The molecule has 0 aliphatic rings. The van der Waals surface area contributed by atoms with Gasteiger partial charge in [-0.15, -0.1) is 11.3 Å². The molecule has 0 atom stereocenters. The minimum Gasteiger partial charge on any atom is -0.383 e. The van der Waals surface area contributed by atoms with Gasteiger partial charge in [0.1, 0.15) is 16.5 Å². The lowest BCUT2D eigenvalue weighted by Gasteiger charge is -2.09. The molecule has 0 fully saturated rings. The minimum atomic E-state index is -0.173. The van der Waals surface area contributed by atoms with Gasteiger partial charge in [0.25, 0.3) is 0 Å². The summed E-state index contributed by atoms with van der Waals surface area (Å²) in [7, 11) is 0. The van der Waals surface area contributed by atoms with E-state index in [1.807, 2.05) is 38.1 Å². The number of amides is 1. The van der Waals surface area contributed by atoms with Crippen molar-refractivity contribution in [3.63, 3.8) is 0 Å². The highest BCUT2D eigenvalue weighted by Crippen LogP contribution is 2.33. The zero-order valence-corrected chi connectivity index (χ0v) is 18.7. The quantitative estimate of drug-likeness (QED) is 0.325. The molecule has 0 aliphatic heterocycles. The van der Waals surface area contributed by atoms with Crippen LogP contribution in [-0.4, -0.2) is 31.4 Å². The van der Waals surface area contributed by atoms with Crippen molar-refractivity contribution in [2.75, 3.05) is 16.8 Å². The van der Waals surface area contributed by atoms with Crippen LogP contribution in [0.4, 0.5) is 11.6 Å². The highest BCUT2D eigenvalue weighted by Gasteiger charge is 2.14. The van der Waals surface area contributed by atoms with E-state index in [2.05, 4.69) is 20.4 Å². The molecule has 0 radical (unpaired) electrons. The first-order chi connectivity index (χ1) is 14.4. The number of fused-ring (bicyclic) bond motifs is 1. The van der Waals surface area contributed by atoms with Crippen LogP contribution in [0.3, 0.4) is 0 Å². The van der Waals surface area contributed by atoms with Gasteiger partial charge in [-0.3, -0.25) is 4.79 Å². The summed E-state index contributed by atoms with van der Waals surface area (Å²) in [5.74, 6) is 1.05. The molecule has 0 saturated carbocycles. The van der Waals surface area contributed by atoms with Crippen molar-refractivity contribution in [1.29, 1.82) is 0 Å². The maximum atomic E-state index is 12.5. The highest BCUT2D eigenvalue weighted by molar-refractivity contribution is 7.99. The summed E-state index contributed by atoms with van der Waals surface area (Å²) < 4.78 is 1.71. The second-order valence-electron chi connectivity index (χ2n) is 6.70. The van der Waals surface area contributed by atoms with Gasteiger partial charge in [0, 0.05) is 16.0 Å². The molecular formula is C20H19ClN6OS2. The SMILES string of the molecule is Cc1sc2nc(SCC(=O)Nc3ccnn3Cc3cccc(Cl)c3)nc(N)c2c1C. The molecule has 3 N–H and O–H groups in total. The lowest BCUT2D eigenvalue weighted by molar-refractivity contribution is -0.113. The van der Waals surface area contributed by atoms with Crippen molar-refractivity contribution in [2.45, 2.75) is 25.5 Å². The topological polar surface area (TPSA) is 98.7 Å². The van der Waals surface area contributed by atoms with E-state index in [4.69, 9.17) is 17.3 Å². The first kappa shape index (κ1) is 20.6. The molecule has 7 nitrogen and oxygen atoms in total. The van der Waals surface area contributed by atoms with Gasteiger partial charge >= 0.3 is 0 Å². The maximum absolute atomic E-state index is 12.5. The van der Waals surface area contributed by atoms with Crippen LogP contribution in [0.1, 0.15) is 16.0 Å². The molecule has 4 rings (SSSR count). The van der Waals surface area contributed by atoms with Crippen molar-refractivity contribution in [1.82, 2.24) is 19.7 Å². The number of thiophene rings is 1. The number of hydrogen-bond donors (Lipinski definition) is 2. The summed E-state index contributed by atoms with van der Waals surface area (Å²) in [5, 5.41) is 9.22. The van der Waals surface area contributed by atoms with Crippen LogP contribution in [0.25, 0.3) is 10.2 Å². The summed E-state index contributed by atoms with van der Waals surface area (Å²) in [5.41, 5.74) is 8.21. The highest BCUT2D eigenvalue weighted by atomic mass is 35.5. The lowest BCUT2D eigenvalue weighted by Crippen LogP contribution is -2.18. The molecule has 0 bridgehead atoms. The molecular weight excluding hydrogens is 440 g/mol. The lowest BCUT2D eigenvalue weighted by atomic mass is 10.2. The van der Waals surface area contributed by atoms with Crippen molar-refractivity contribution in [2.24, 2.45) is 0 Å². The number of aryl methyl sites for hydroxylation is 2. The van der Waals surface area contributed by atoms with E-state index in [-0.39, 0.29) is 11.7 Å². The Kier molecular flexibility index (Phi) is 5.94. The number of aromatic nitrogens is 4. The van der Waals surface area contributed by atoms with Crippen molar-refractivity contribution in [3.8, 4) is 0 Å². The van der Waals surface area contributed by atoms with Crippen LogP contribution in [0.2, 0.25) is 5.02 Å². The molecule has 0 aliphatic carbocycles. The molecule has 0 spiro atoms. The zero-order chi connectivity index (χ0) is 21.3. The predicted octanol–water partition coefficient (Wildman–Crippen LogP) is 4.52. The molecule has 0 saturated heterocycles. The van der Waals surface area contributed by atoms with Crippen molar-refractivity contribution in [3.05, 3.63) is 57.6 Å². The number of nitrogens with two attached hydrogens (primary N) is 1. The summed E-state index contributed by atoms with van der Waals surface area (Å²) in [6.45, 7) is 4.55. The fourth-order valence-corrected chi connectivity index (χ4v) is 4.97. The van der Waals surface area contributed by atoms with Crippen LogP contribution in [-0.2, 0) is 11.3 Å². The Hall–Kier alpha value is -2.62. The molecule has 10 heteroatoms. The monoisotopic (exact) mass is 458 g/mol. The van der Waals surface area contributed by atoms with E-state index in [9.17, 15) is 4.79 Å². The van der Waals surface area contributed by atoms with Crippen LogP contribution in [0, 0.1) is 13.8 Å². The van der Waals surface area contributed by atoms with E-state index in [1.165, 1.54) is 16.6 Å². The fraction of sp³-hybridized carbons (Fsp3) is 0.200. The fourth-order valence-electron chi connectivity index (χ4n) is 3.01. The van der Waals surface area contributed by atoms with Crippen LogP contribution < -0.4 is 11.1 Å². The van der Waals surface area contributed by atoms with Gasteiger partial charge in [-0.05, 0) is 37.1 Å². The number of benzene rings is 1. The first-order valence-corrected chi connectivity index (χ1v) is 11.3. The number of nitrogens with one attached hydrogen (secondary N) is 1. The van der Waals surface area contributed by atoms with Gasteiger partial charge in [0.2, 0.25) is 5.91 Å². The number of anilines is 2. The number of nitrogens with zero attached hydrogens (tertiary/aromatic N) is 4. The predicted molar refractivity (Wildman–Crippen MR) is 123 cm³/mol. The number of rotatable bonds is 6. The smallest absolute Gasteiger partial charge is 0.235 e. The Bertz CT molecular complexity index is 1240. The van der Waals surface area contributed by atoms with Crippen molar-refractivity contribution >= 4 is 62.5 Å². The van der Waals surface area contributed by atoms with Crippen molar-refractivity contribution < 1.29 is 4.79 Å². The number of thioether (sulfide) groups is 1. The second kappa shape index (κ2) is 8.63. The molecule has 154 valence electrons. The Labute approximate surface area is 186 Å². The average molecular weight is 459 g/mol. The molecule has 0 unspecified atom stereocenters. The van der Waals surface area contributed by atoms with E-state index in [1.54, 1.807) is 28.3 Å². The number of carbonyl (C=O) groups is 1. The normalized spacial score (nSPS) is 11.2. The van der Waals surface area contributed by atoms with Gasteiger partial charge in [-0.2, -0.15) is 5.10 Å². The summed E-state index contributed by atoms with van der Waals surface area (Å²) in [6.07, 6.45) is 1.65. The number of hydrogen-bond acceptors (Lipinski definition) is 7. The van der Waals surface area contributed by atoms with Gasteiger partial charge in [0.05, 0.1) is 23.9 Å². The van der Waals surface area contributed by atoms with E-state index >= 15 is 0 Å². The van der Waals surface area contributed by atoms with E-state index in [0.717, 1.165) is 21.3 Å². The Morgan fingerprint density at radius 2 is 2.13 bits per heavy atom. The summed E-state index contributed by atoms with van der Waals surface area (Å²) >= 11 is 8.88. The Morgan fingerprint density at radius 1 is 1.30 bits per heavy atom. The van der Waals surface area contributed by atoms with Crippen LogP contribution in [0.5, 0.6) is 0 Å². The van der Waals surface area contributed by atoms with Gasteiger partial charge in [-0.25, -0.2) is 14.6 Å². The summed E-state index contributed by atoms with van der Waals surface area (Å²) in [4.78, 5) is 23.4. The number of halogens is 1. The average Bonchev–Trinajstić information content (AvgIpc) is 3.24. The Balaban J connectivity index is 1.41.